The van der Waals surface area contributed by atoms with E-state index in [-0.39, 0.29) is 17.0 Å². The monoisotopic (exact) mass is 326 g/mol. The first kappa shape index (κ1) is 19.7. The topological polar surface area (TPSA) is 26.3 Å². The van der Waals surface area contributed by atoms with Crippen LogP contribution in [0.15, 0.2) is 0 Å². The summed E-state index contributed by atoms with van der Waals surface area (Å²) in [6, 6.07) is 5.54. The fourth-order valence-electron chi connectivity index (χ4n) is 4.32. The molecule has 3 atom stereocenters. The van der Waals surface area contributed by atoms with Gasteiger partial charge in [0.25, 0.3) is 0 Å². The predicted molar refractivity (Wildman–Crippen MR) is 97.8 cm³/mol. The SMILES string of the molecule is CC[Si](CC)(CC)C[C@@H]1CC(C)(C(=O)OC(C)(C)C)C[C@H]1C. The van der Waals surface area contributed by atoms with E-state index in [1.807, 2.05) is 20.8 Å². The molecular weight excluding hydrogens is 288 g/mol. The average Bonchev–Trinajstić information content (AvgIpc) is 2.70. The number of carbonyl (C=O) groups is 1. The van der Waals surface area contributed by atoms with E-state index in [9.17, 15) is 4.79 Å². The Kier molecular flexibility index (Phi) is 6.34. The summed E-state index contributed by atoms with van der Waals surface area (Å²) in [5.74, 6) is 1.38. The second-order valence-electron chi connectivity index (χ2n) is 8.97. The second kappa shape index (κ2) is 7.07. The van der Waals surface area contributed by atoms with Crippen molar-refractivity contribution in [3.63, 3.8) is 0 Å². The molecule has 3 heteroatoms. The van der Waals surface area contributed by atoms with Crippen molar-refractivity contribution in [2.45, 2.75) is 98.0 Å². The van der Waals surface area contributed by atoms with Gasteiger partial charge in [-0.05, 0) is 52.4 Å². The maximum absolute atomic E-state index is 12.6. The Morgan fingerprint density at radius 2 is 1.64 bits per heavy atom. The number of carbonyl (C=O) groups excluding carboxylic acids is 1. The first-order valence-corrected chi connectivity index (χ1v) is 12.1. The van der Waals surface area contributed by atoms with Crippen molar-refractivity contribution < 1.29 is 9.53 Å². The zero-order valence-corrected chi connectivity index (χ0v) is 17.2. The molecule has 0 aliphatic heterocycles. The molecule has 0 spiro atoms. The molecule has 1 aliphatic carbocycles. The van der Waals surface area contributed by atoms with Gasteiger partial charge in [0.1, 0.15) is 5.60 Å². The molecule has 1 rings (SSSR count). The van der Waals surface area contributed by atoms with Gasteiger partial charge < -0.3 is 4.74 Å². The number of hydrogen-bond acceptors (Lipinski definition) is 2. The van der Waals surface area contributed by atoms with E-state index < -0.39 is 8.07 Å². The highest BCUT2D eigenvalue weighted by atomic mass is 28.3. The summed E-state index contributed by atoms with van der Waals surface area (Å²) in [7, 11) is -1.12. The minimum atomic E-state index is -1.12. The second-order valence-corrected chi connectivity index (χ2v) is 14.5. The molecule has 0 radical (unpaired) electrons. The van der Waals surface area contributed by atoms with E-state index >= 15 is 0 Å². The molecule has 1 unspecified atom stereocenters. The lowest BCUT2D eigenvalue weighted by atomic mass is 9.87. The zero-order chi connectivity index (χ0) is 17.2. The lowest BCUT2D eigenvalue weighted by Crippen LogP contribution is -2.36. The molecule has 1 saturated carbocycles. The van der Waals surface area contributed by atoms with Crippen molar-refractivity contribution in [3.8, 4) is 0 Å². The number of rotatable bonds is 6. The highest BCUT2D eigenvalue weighted by Gasteiger charge is 2.48. The van der Waals surface area contributed by atoms with Gasteiger partial charge in [0, 0.05) is 0 Å². The molecule has 0 aromatic carbocycles. The molecule has 0 heterocycles. The normalized spacial score (nSPS) is 29.6. The van der Waals surface area contributed by atoms with Crippen LogP contribution in [0.2, 0.25) is 24.2 Å². The van der Waals surface area contributed by atoms with Crippen LogP contribution in [0, 0.1) is 17.3 Å². The maximum atomic E-state index is 12.6. The van der Waals surface area contributed by atoms with E-state index in [1.54, 1.807) is 0 Å². The van der Waals surface area contributed by atoms with Crippen LogP contribution in [0.3, 0.4) is 0 Å². The van der Waals surface area contributed by atoms with E-state index in [1.165, 1.54) is 24.2 Å². The van der Waals surface area contributed by atoms with Gasteiger partial charge >= 0.3 is 5.97 Å². The molecule has 130 valence electrons. The minimum absolute atomic E-state index is 0.0195. The smallest absolute Gasteiger partial charge is 0.312 e. The van der Waals surface area contributed by atoms with Crippen molar-refractivity contribution in [3.05, 3.63) is 0 Å². The van der Waals surface area contributed by atoms with Crippen LogP contribution in [-0.2, 0) is 9.53 Å². The Morgan fingerprint density at radius 1 is 1.14 bits per heavy atom. The molecule has 0 N–H and O–H groups in total. The molecule has 1 fully saturated rings. The molecule has 0 bridgehead atoms. The molecular formula is C19H38O2Si. The van der Waals surface area contributed by atoms with Gasteiger partial charge in [-0.25, -0.2) is 0 Å². The highest BCUT2D eigenvalue weighted by molar-refractivity contribution is 6.79. The van der Waals surface area contributed by atoms with Crippen molar-refractivity contribution in [2.75, 3.05) is 0 Å². The van der Waals surface area contributed by atoms with Crippen LogP contribution in [0.5, 0.6) is 0 Å². The predicted octanol–water partition coefficient (Wildman–Crippen LogP) is 5.89. The lowest BCUT2D eigenvalue weighted by molar-refractivity contribution is -0.166. The van der Waals surface area contributed by atoms with E-state index in [4.69, 9.17) is 4.74 Å². The summed E-state index contributed by atoms with van der Waals surface area (Å²) in [4.78, 5) is 12.6. The van der Waals surface area contributed by atoms with Crippen LogP contribution < -0.4 is 0 Å². The van der Waals surface area contributed by atoms with Gasteiger partial charge in [-0.2, -0.15) is 0 Å². The number of esters is 1. The van der Waals surface area contributed by atoms with Gasteiger partial charge in [-0.1, -0.05) is 51.9 Å². The van der Waals surface area contributed by atoms with Crippen LogP contribution in [0.1, 0.15) is 68.2 Å². The molecule has 0 saturated heterocycles. The van der Waals surface area contributed by atoms with Gasteiger partial charge in [0.15, 0.2) is 0 Å². The highest BCUT2D eigenvalue weighted by Crippen LogP contribution is 2.50. The summed E-state index contributed by atoms with van der Waals surface area (Å²) in [6.45, 7) is 17.5. The standard InChI is InChI=1S/C19H38O2Si/c1-9-22(10-2,11-3)14-16-13-19(8,12-15(16)4)17(20)21-18(5,6)7/h15-16H,9-14H2,1-8H3/t15-,16+,19?/m1/s1. The van der Waals surface area contributed by atoms with Crippen molar-refractivity contribution in [2.24, 2.45) is 17.3 Å². The summed E-state index contributed by atoms with van der Waals surface area (Å²) in [5, 5.41) is 0. The first-order valence-electron chi connectivity index (χ1n) is 9.24. The third kappa shape index (κ3) is 4.59. The minimum Gasteiger partial charge on any atom is -0.460 e. The third-order valence-corrected chi connectivity index (χ3v) is 12.0. The van der Waals surface area contributed by atoms with Crippen molar-refractivity contribution >= 4 is 14.0 Å². The third-order valence-electron chi connectivity index (χ3n) is 6.13. The fourth-order valence-corrected chi connectivity index (χ4v) is 8.35. The Hall–Kier alpha value is -0.313. The lowest BCUT2D eigenvalue weighted by Gasteiger charge is -2.33. The van der Waals surface area contributed by atoms with Gasteiger partial charge in [0.2, 0.25) is 0 Å². The van der Waals surface area contributed by atoms with Crippen molar-refractivity contribution in [1.29, 1.82) is 0 Å². The molecule has 1 aliphatic rings. The van der Waals surface area contributed by atoms with Crippen LogP contribution in [0.25, 0.3) is 0 Å². The first-order chi connectivity index (χ1) is 10.0. The van der Waals surface area contributed by atoms with E-state index in [0.29, 0.717) is 11.8 Å². The molecule has 2 nitrogen and oxygen atoms in total. The Morgan fingerprint density at radius 3 is 2.05 bits per heavy atom. The van der Waals surface area contributed by atoms with E-state index in [0.717, 1.165) is 12.8 Å². The van der Waals surface area contributed by atoms with Crippen LogP contribution in [-0.4, -0.2) is 19.6 Å². The largest absolute Gasteiger partial charge is 0.460 e. The number of hydrogen-bond donors (Lipinski definition) is 0. The van der Waals surface area contributed by atoms with Crippen LogP contribution >= 0.6 is 0 Å². The summed E-state index contributed by atoms with van der Waals surface area (Å²) in [6.07, 6.45) is 2.02. The Labute approximate surface area is 139 Å². The quantitative estimate of drug-likeness (QED) is 0.449. The average molecular weight is 327 g/mol. The molecule has 22 heavy (non-hydrogen) atoms. The summed E-state index contributed by atoms with van der Waals surface area (Å²) < 4.78 is 5.70. The summed E-state index contributed by atoms with van der Waals surface area (Å²) >= 11 is 0. The number of ether oxygens (including phenoxy) is 1. The molecule has 0 aromatic rings. The van der Waals surface area contributed by atoms with Gasteiger partial charge in [0.05, 0.1) is 13.5 Å². The van der Waals surface area contributed by atoms with E-state index in [2.05, 4.69) is 34.6 Å². The van der Waals surface area contributed by atoms with Crippen molar-refractivity contribution in [1.82, 2.24) is 0 Å². The molecule has 0 aromatic heterocycles. The molecule has 0 amide bonds. The Balaban J connectivity index is 2.81. The zero-order valence-electron chi connectivity index (χ0n) is 16.2. The fraction of sp³-hybridized carbons (Fsp3) is 0.947. The van der Waals surface area contributed by atoms with Crippen LogP contribution in [0.4, 0.5) is 0 Å². The Bertz CT molecular complexity index is 373. The maximum Gasteiger partial charge on any atom is 0.312 e. The summed E-state index contributed by atoms with van der Waals surface area (Å²) in [5.41, 5.74) is -0.650. The van der Waals surface area contributed by atoms with Gasteiger partial charge in [-0.15, -0.1) is 0 Å². The van der Waals surface area contributed by atoms with Gasteiger partial charge in [-0.3, -0.25) is 4.79 Å².